The third kappa shape index (κ3) is 6.58. The van der Waals surface area contributed by atoms with Gasteiger partial charge >= 0.3 is 6.36 Å². The van der Waals surface area contributed by atoms with E-state index in [2.05, 4.69) is 49.3 Å². The lowest BCUT2D eigenvalue weighted by atomic mass is 9.88. The van der Waals surface area contributed by atoms with E-state index >= 15 is 0 Å². The topological polar surface area (TPSA) is 93.7 Å². The van der Waals surface area contributed by atoms with Crippen LogP contribution in [0.2, 0.25) is 0 Å². The van der Waals surface area contributed by atoms with E-state index in [1.165, 1.54) is 24.4 Å². The lowest BCUT2D eigenvalue weighted by molar-refractivity contribution is -0.274. The molecule has 2 aromatic carbocycles. The highest BCUT2D eigenvalue weighted by atomic mass is 19.4. The fraction of sp³-hybridized carbons (Fsp3) is 0.296. The zero-order valence-corrected chi connectivity index (χ0v) is 21.5. The van der Waals surface area contributed by atoms with Crippen LogP contribution >= 0.6 is 0 Å². The minimum absolute atomic E-state index is 0.163. The summed E-state index contributed by atoms with van der Waals surface area (Å²) < 4.78 is 53.1. The summed E-state index contributed by atoms with van der Waals surface area (Å²) in [6, 6.07) is 13.5. The summed E-state index contributed by atoms with van der Waals surface area (Å²) in [5, 5.41) is 6.94. The number of aromatic nitrogens is 3. The van der Waals surface area contributed by atoms with Crippen LogP contribution in [0.25, 0.3) is 10.9 Å². The minimum Gasteiger partial charge on any atom is -0.493 e. The van der Waals surface area contributed by atoms with E-state index < -0.39 is 6.36 Å². The van der Waals surface area contributed by atoms with Crippen LogP contribution in [0.4, 0.5) is 36.3 Å². The molecular formula is C27H27F3N6O3. The number of nitrogens with zero attached hydrogens (tertiary/aromatic N) is 4. The van der Waals surface area contributed by atoms with Gasteiger partial charge in [0.2, 0.25) is 5.95 Å². The molecule has 0 bridgehead atoms. The maximum absolute atomic E-state index is 12.5. The summed E-state index contributed by atoms with van der Waals surface area (Å²) in [7, 11) is 5.74. The predicted molar refractivity (Wildman–Crippen MR) is 141 cm³/mol. The van der Waals surface area contributed by atoms with Crippen molar-refractivity contribution in [3.8, 4) is 17.2 Å². The van der Waals surface area contributed by atoms with E-state index in [0.29, 0.717) is 45.9 Å². The van der Waals surface area contributed by atoms with E-state index in [9.17, 15) is 13.2 Å². The number of fused-ring (bicyclic) bond motifs is 1. The van der Waals surface area contributed by atoms with Crippen molar-refractivity contribution in [2.24, 2.45) is 0 Å². The standard InChI is InChI=1S/C27H27F3N6O3/c1-36(2)19-12-21(13-19)38-23-7-5-17(11-24(23)37-3)34-26-31-9-8-25(35-26)33-18-10-16-4-6-20(39-27(28,29)30)14-22(16)32-15-18/h4-11,14-15,19,21H,12-13H2,1-3H3,(H2,31,33,34,35). The van der Waals surface area contributed by atoms with Gasteiger partial charge in [0, 0.05) is 35.4 Å². The molecule has 0 amide bonds. The highest BCUT2D eigenvalue weighted by Gasteiger charge is 2.33. The van der Waals surface area contributed by atoms with E-state index in [1.54, 1.807) is 25.4 Å². The van der Waals surface area contributed by atoms with E-state index in [1.807, 2.05) is 18.2 Å². The quantitative estimate of drug-likeness (QED) is 0.270. The lowest BCUT2D eigenvalue weighted by Gasteiger charge is -2.39. The van der Waals surface area contributed by atoms with Gasteiger partial charge in [0.05, 0.1) is 24.5 Å². The highest BCUT2D eigenvalue weighted by Crippen LogP contribution is 2.36. The van der Waals surface area contributed by atoms with Gasteiger partial charge in [-0.25, -0.2) is 4.98 Å². The normalized spacial score (nSPS) is 17.0. The molecule has 2 aromatic heterocycles. The number of pyridine rings is 1. The van der Waals surface area contributed by atoms with Crippen molar-refractivity contribution in [3.63, 3.8) is 0 Å². The molecular weight excluding hydrogens is 513 g/mol. The third-order valence-corrected chi connectivity index (χ3v) is 6.33. The smallest absolute Gasteiger partial charge is 0.493 e. The molecule has 0 radical (unpaired) electrons. The van der Waals surface area contributed by atoms with Gasteiger partial charge in [0.25, 0.3) is 0 Å². The average Bonchev–Trinajstić information content (AvgIpc) is 2.85. The molecule has 1 fully saturated rings. The largest absolute Gasteiger partial charge is 0.573 e. The van der Waals surface area contributed by atoms with Crippen molar-refractivity contribution < 1.29 is 27.4 Å². The van der Waals surface area contributed by atoms with E-state index in [-0.39, 0.29) is 11.9 Å². The molecule has 9 nitrogen and oxygen atoms in total. The van der Waals surface area contributed by atoms with Gasteiger partial charge in [0.15, 0.2) is 11.5 Å². The molecule has 0 saturated heterocycles. The maximum Gasteiger partial charge on any atom is 0.573 e. The predicted octanol–water partition coefficient (Wildman–Crippen LogP) is 5.89. The molecule has 0 aliphatic heterocycles. The summed E-state index contributed by atoms with van der Waals surface area (Å²) in [6.07, 6.45) is 0.450. The molecule has 0 atom stereocenters. The van der Waals surface area contributed by atoms with Crippen LogP contribution in [-0.4, -0.2) is 59.6 Å². The summed E-state index contributed by atoms with van der Waals surface area (Å²) in [5.41, 5.74) is 1.69. The molecule has 5 rings (SSSR count). The monoisotopic (exact) mass is 540 g/mol. The Morgan fingerprint density at radius 1 is 0.923 bits per heavy atom. The molecule has 0 unspecified atom stereocenters. The Bertz CT molecular complexity index is 1460. The molecule has 0 spiro atoms. The van der Waals surface area contributed by atoms with Crippen LogP contribution in [0.15, 0.2) is 60.9 Å². The van der Waals surface area contributed by atoms with Crippen molar-refractivity contribution in [1.82, 2.24) is 19.9 Å². The molecule has 1 aliphatic carbocycles. The molecule has 1 saturated carbocycles. The Labute approximate surface area is 222 Å². The van der Waals surface area contributed by atoms with Crippen molar-refractivity contribution in [1.29, 1.82) is 0 Å². The SMILES string of the molecule is COc1cc(Nc2nccc(Nc3cnc4cc(OC(F)(F)F)ccc4c3)n2)ccc1OC1CC(N(C)C)C1. The fourth-order valence-electron chi connectivity index (χ4n) is 4.21. The van der Waals surface area contributed by atoms with Crippen LogP contribution < -0.4 is 24.8 Å². The Balaban J connectivity index is 1.24. The number of hydrogen-bond acceptors (Lipinski definition) is 9. The number of alkyl halides is 3. The number of benzene rings is 2. The zero-order valence-electron chi connectivity index (χ0n) is 21.5. The molecule has 2 heterocycles. The van der Waals surface area contributed by atoms with Crippen molar-refractivity contribution in [3.05, 3.63) is 60.9 Å². The maximum atomic E-state index is 12.5. The Morgan fingerprint density at radius 3 is 2.49 bits per heavy atom. The molecule has 204 valence electrons. The summed E-state index contributed by atoms with van der Waals surface area (Å²) in [6.45, 7) is 0. The number of rotatable bonds is 9. The van der Waals surface area contributed by atoms with Gasteiger partial charge in [-0.15, -0.1) is 13.2 Å². The molecule has 1 aliphatic rings. The van der Waals surface area contributed by atoms with E-state index in [4.69, 9.17) is 9.47 Å². The molecule has 4 aromatic rings. The molecule has 2 N–H and O–H groups in total. The highest BCUT2D eigenvalue weighted by molar-refractivity contribution is 5.83. The molecule has 39 heavy (non-hydrogen) atoms. The van der Waals surface area contributed by atoms with Gasteiger partial charge in [-0.05, 0) is 63.3 Å². The summed E-state index contributed by atoms with van der Waals surface area (Å²) in [4.78, 5) is 15.2. The first-order chi connectivity index (χ1) is 18.6. The number of nitrogens with one attached hydrogen (secondary N) is 2. The Kier molecular flexibility index (Phi) is 7.29. The number of hydrogen-bond donors (Lipinski definition) is 2. The Hall–Kier alpha value is -4.32. The number of methoxy groups -OCH3 is 1. The van der Waals surface area contributed by atoms with Crippen LogP contribution in [0.5, 0.6) is 17.2 Å². The minimum atomic E-state index is -4.76. The van der Waals surface area contributed by atoms with Crippen LogP contribution in [-0.2, 0) is 0 Å². The van der Waals surface area contributed by atoms with Crippen molar-refractivity contribution >= 4 is 34.0 Å². The molecule has 12 heteroatoms. The van der Waals surface area contributed by atoms with Gasteiger partial charge in [-0.1, -0.05) is 0 Å². The number of ether oxygens (including phenoxy) is 3. The van der Waals surface area contributed by atoms with Crippen LogP contribution in [0.3, 0.4) is 0 Å². The van der Waals surface area contributed by atoms with Gasteiger partial charge in [0.1, 0.15) is 17.7 Å². The second kappa shape index (κ2) is 10.8. The second-order valence-corrected chi connectivity index (χ2v) is 9.34. The van der Waals surface area contributed by atoms with Gasteiger partial charge in [-0.3, -0.25) is 4.98 Å². The summed E-state index contributed by atoms with van der Waals surface area (Å²) in [5.74, 6) is 1.81. The average molecular weight is 541 g/mol. The van der Waals surface area contributed by atoms with Crippen molar-refractivity contribution in [2.75, 3.05) is 31.8 Å². The fourth-order valence-corrected chi connectivity index (χ4v) is 4.21. The first-order valence-corrected chi connectivity index (χ1v) is 12.2. The van der Waals surface area contributed by atoms with Crippen molar-refractivity contribution in [2.45, 2.75) is 31.3 Å². The van der Waals surface area contributed by atoms with Crippen LogP contribution in [0, 0.1) is 0 Å². The first-order valence-electron chi connectivity index (χ1n) is 12.2. The van der Waals surface area contributed by atoms with Gasteiger partial charge in [-0.2, -0.15) is 4.98 Å². The van der Waals surface area contributed by atoms with Gasteiger partial charge < -0.3 is 29.7 Å². The number of anilines is 4. The third-order valence-electron chi connectivity index (χ3n) is 6.33. The number of halogens is 3. The first kappa shape index (κ1) is 26.3. The van der Waals surface area contributed by atoms with E-state index in [0.717, 1.165) is 18.5 Å². The lowest BCUT2D eigenvalue weighted by Crippen LogP contribution is -2.46. The second-order valence-electron chi connectivity index (χ2n) is 9.34. The van der Waals surface area contributed by atoms with Crippen LogP contribution in [0.1, 0.15) is 12.8 Å². The Morgan fingerprint density at radius 2 is 1.74 bits per heavy atom. The zero-order chi connectivity index (χ0) is 27.6. The summed E-state index contributed by atoms with van der Waals surface area (Å²) >= 11 is 0.